The Morgan fingerprint density at radius 2 is 2.24 bits per heavy atom. The number of hydrogen-bond acceptors (Lipinski definition) is 9. The van der Waals surface area contributed by atoms with E-state index in [1.165, 1.54) is 24.2 Å². The van der Waals surface area contributed by atoms with E-state index in [1.54, 1.807) is 0 Å². The predicted molar refractivity (Wildman–Crippen MR) is 90.0 cm³/mol. The Morgan fingerprint density at radius 1 is 1.56 bits per heavy atom. The van der Waals surface area contributed by atoms with Crippen molar-refractivity contribution in [1.82, 2.24) is 9.55 Å². The molecule has 136 valence electrons. The minimum absolute atomic E-state index is 0.154. The van der Waals surface area contributed by atoms with E-state index in [9.17, 15) is 19.8 Å². The molecule has 0 aromatic carbocycles. The molecule has 11 heteroatoms. The van der Waals surface area contributed by atoms with Gasteiger partial charge in [-0.15, -0.1) is 0 Å². The van der Waals surface area contributed by atoms with Crippen molar-refractivity contribution in [2.24, 2.45) is 10.7 Å². The molecule has 0 amide bonds. The summed E-state index contributed by atoms with van der Waals surface area (Å²) in [5, 5.41) is 23.7. The minimum Gasteiger partial charge on any atom is -0.382 e. The fourth-order valence-electron chi connectivity index (χ4n) is 3.00. The summed E-state index contributed by atoms with van der Waals surface area (Å²) in [5.41, 5.74) is 4.39. The lowest BCUT2D eigenvalue weighted by molar-refractivity contribution is -0.158. The summed E-state index contributed by atoms with van der Waals surface area (Å²) < 4.78 is 6.00. The quantitative estimate of drug-likeness (QED) is 0.374. The zero-order valence-corrected chi connectivity index (χ0v) is 15.1. The maximum absolute atomic E-state index is 12.0. The molecule has 0 spiro atoms. The molecular formula is C14H18BrN5O5. The molecule has 0 bridgehead atoms. The van der Waals surface area contributed by atoms with E-state index in [0.29, 0.717) is 11.5 Å². The van der Waals surface area contributed by atoms with Crippen LogP contribution in [0.2, 0.25) is 0 Å². The predicted octanol–water partition coefficient (Wildman–Crippen LogP) is -0.642. The third-order valence-electron chi connectivity index (χ3n) is 4.46. The number of aliphatic hydroxyl groups excluding tert-OH is 1. The number of carbonyl (C=O) groups excluding carboxylic acids is 2. The molecule has 1 aromatic heterocycles. The van der Waals surface area contributed by atoms with Crippen LogP contribution in [0.4, 0.5) is 5.82 Å². The van der Waals surface area contributed by atoms with E-state index < -0.39 is 40.2 Å². The molecule has 5 atom stereocenters. The molecule has 3 rings (SSSR count). The minimum atomic E-state index is -2.00. The van der Waals surface area contributed by atoms with E-state index in [0.717, 1.165) is 6.92 Å². The standard InChI is InChI=1S/C14H18BrN5O5/c1-6(21)9(23)11-13(24,7(2)22)3-8(25-11)20-5-18-10-12(20)17-4-19-14(10,15)16/h4-5,8-9,11,23-24H,3,16H2,1-2H3,(H,17,19)/t8-,9?,11-,13-,14?/m1/s1. The van der Waals surface area contributed by atoms with Crippen molar-refractivity contribution >= 4 is 39.7 Å². The van der Waals surface area contributed by atoms with E-state index in [-0.39, 0.29) is 6.42 Å². The van der Waals surface area contributed by atoms with Crippen LogP contribution in [-0.2, 0) is 18.9 Å². The average Bonchev–Trinajstić information content (AvgIpc) is 3.09. The zero-order valence-electron chi connectivity index (χ0n) is 13.5. The second kappa shape index (κ2) is 5.95. The maximum atomic E-state index is 12.0. The van der Waals surface area contributed by atoms with Crippen LogP contribution < -0.4 is 11.1 Å². The smallest absolute Gasteiger partial charge is 0.212 e. The van der Waals surface area contributed by atoms with Gasteiger partial charge in [0.1, 0.15) is 29.9 Å². The highest BCUT2D eigenvalue weighted by atomic mass is 79.9. The monoisotopic (exact) mass is 415 g/mol. The van der Waals surface area contributed by atoms with Crippen LogP contribution in [0.1, 0.15) is 32.2 Å². The molecule has 0 saturated carbocycles. The van der Waals surface area contributed by atoms with Gasteiger partial charge in [0.2, 0.25) is 4.57 Å². The van der Waals surface area contributed by atoms with Crippen LogP contribution in [0.15, 0.2) is 11.3 Å². The fraction of sp³-hybridized carbons (Fsp3) is 0.571. The second-order valence-corrected chi connectivity index (χ2v) is 7.39. The van der Waals surface area contributed by atoms with Crippen molar-refractivity contribution in [1.29, 1.82) is 0 Å². The zero-order chi connectivity index (χ0) is 18.6. The van der Waals surface area contributed by atoms with Gasteiger partial charge in [0.15, 0.2) is 17.2 Å². The Kier molecular flexibility index (Phi) is 4.32. The number of carbonyl (C=O) groups is 2. The number of aliphatic hydroxyl groups is 2. The third kappa shape index (κ3) is 2.81. The van der Waals surface area contributed by atoms with Gasteiger partial charge in [0.05, 0.1) is 12.7 Å². The first-order chi connectivity index (χ1) is 11.6. The Balaban J connectivity index is 1.97. The van der Waals surface area contributed by atoms with Gasteiger partial charge in [0, 0.05) is 6.42 Å². The van der Waals surface area contributed by atoms with Crippen molar-refractivity contribution in [3.63, 3.8) is 0 Å². The molecule has 1 aromatic rings. The number of halogens is 1. The van der Waals surface area contributed by atoms with E-state index in [4.69, 9.17) is 10.5 Å². The summed E-state index contributed by atoms with van der Waals surface area (Å²) in [5.74, 6) is -0.745. The van der Waals surface area contributed by atoms with E-state index >= 15 is 0 Å². The van der Waals surface area contributed by atoms with E-state index in [2.05, 4.69) is 31.2 Å². The van der Waals surface area contributed by atoms with Crippen molar-refractivity contribution in [2.45, 2.75) is 48.9 Å². The maximum Gasteiger partial charge on any atom is 0.212 e. The van der Waals surface area contributed by atoms with Gasteiger partial charge in [-0.25, -0.2) is 9.98 Å². The summed E-state index contributed by atoms with van der Waals surface area (Å²) in [6.07, 6.45) is -1.20. The molecular weight excluding hydrogens is 398 g/mol. The number of anilines is 1. The molecule has 5 N–H and O–H groups in total. The number of nitrogens with zero attached hydrogens (tertiary/aromatic N) is 3. The van der Waals surface area contributed by atoms with Gasteiger partial charge in [-0.1, -0.05) is 0 Å². The van der Waals surface area contributed by atoms with Crippen LogP contribution in [0, 0.1) is 0 Å². The lowest BCUT2D eigenvalue weighted by Gasteiger charge is -2.27. The van der Waals surface area contributed by atoms with Gasteiger partial charge in [-0.3, -0.25) is 19.9 Å². The molecule has 0 aliphatic carbocycles. The van der Waals surface area contributed by atoms with Crippen molar-refractivity contribution in [3.05, 3.63) is 12.0 Å². The second-order valence-electron chi connectivity index (χ2n) is 6.18. The van der Waals surface area contributed by atoms with Crippen molar-refractivity contribution in [3.8, 4) is 0 Å². The first-order valence-electron chi connectivity index (χ1n) is 7.50. The molecule has 10 nitrogen and oxygen atoms in total. The van der Waals surface area contributed by atoms with Crippen molar-refractivity contribution in [2.75, 3.05) is 5.32 Å². The average molecular weight is 416 g/mol. The van der Waals surface area contributed by atoms with E-state index in [1.807, 2.05) is 0 Å². The number of Topliss-reactive ketones (excluding diaryl/α,β-unsaturated/α-hetero) is 2. The lowest BCUT2D eigenvalue weighted by Crippen LogP contribution is -2.52. The number of ketones is 2. The Labute approximate surface area is 151 Å². The normalized spacial score (nSPS) is 35.1. The van der Waals surface area contributed by atoms with Crippen LogP contribution >= 0.6 is 15.9 Å². The highest BCUT2D eigenvalue weighted by Gasteiger charge is 2.55. The van der Waals surface area contributed by atoms with Gasteiger partial charge in [0.25, 0.3) is 0 Å². The summed E-state index contributed by atoms with van der Waals surface area (Å²) in [6.45, 7) is 2.34. The summed E-state index contributed by atoms with van der Waals surface area (Å²) in [4.78, 5) is 31.7. The number of fused-ring (bicyclic) bond motifs is 1. The van der Waals surface area contributed by atoms with Crippen molar-refractivity contribution < 1.29 is 24.5 Å². The fourth-order valence-corrected chi connectivity index (χ4v) is 3.39. The highest BCUT2D eigenvalue weighted by molar-refractivity contribution is 9.09. The number of alkyl halides is 1. The lowest BCUT2D eigenvalue weighted by atomic mass is 9.86. The Bertz CT molecular complexity index is 763. The Hall–Kier alpha value is -1.66. The topological polar surface area (TPSA) is 152 Å². The number of rotatable bonds is 4. The first kappa shape index (κ1) is 18.1. The summed E-state index contributed by atoms with van der Waals surface area (Å²) in [6, 6.07) is 0. The number of nitrogens with one attached hydrogen (secondary N) is 1. The molecule has 2 aliphatic heterocycles. The molecule has 2 unspecified atom stereocenters. The first-order valence-corrected chi connectivity index (χ1v) is 8.30. The number of aliphatic imine (C=N–C) groups is 1. The Morgan fingerprint density at radius 3 is 2.84 bits per heavy atom. The van der Waals surface area contributed by atoms with Gasteiger partial charge < -0.3 is 20.3 Å². The third-order valence-corrected chi connectivity index (χ3v) is 5.04. The molecule has 2 aliphatic rings. The van der Waals surface area contributed by atoms with Crippen LogP contribution in [0.25, 0.3) is 0 Å². The van der Waals surface area contributed by atoms with Crippen LogP contribution in [0.5, 0.6) is 0 Å². The summed E-state index contributed by atoms with van der Waals surface area (Å²) >= 11 is 3.25. The number of ether oxygens (including phenoxy) is 1. The number of aromatic nitrogens is 2. The van der Waals surface area contributed by atoms with Gasteiger partial charge in [-0.2, -0.15) is 0 Å². The van der Waals surface area contributed by atoms with Gasteiger partial charge in [-0.05, 0) is 29.8 Å². The molecule has 0 radical (unpaired) electrons. The SMILES string of the molecule is CC(=O)C(O)[C@H]1O[C@@H](n2cnc3c2NC=NC3(N)Br)C[C@@]1(O)C(C)=O. The van der Waals surface area contributed by atoms with Gasteiger partial charge >= 0.3 is 0 Å². The molecule has 3 heterocycles. The van der Waals surface area contributed by atoms with Crippen LogP contribution in [-0.4, -0.2) is 55.5 Å². The largest absolute Gasteiger partial charge is 0.382 e. The van der Waals surface area contributed by atoms with Crippen LogP contribution in [0.3, 0.4) is 0 Å². The molecule has 1 saturated heterocycles. The molecule has 25 heavy (non-hydrogen) atoms. The molecule has 1 fully saturated rings. The highest BCUT2D eigenvalue weighted by Crippen LogP contribution is 2.43. The summed E-state index contributed by atoms with van der Waals surface area (Å²) in [7, 11) is 0. The number of imidazole rings is 1. The number of hydrogen-bond donors (Lipinski definition) is 4. The number of nitrogens with two attached hydrogens (primary N) is 1.